The molecule has 0 amide bonds. The van der Waals surface area contributed by atoms with Gasteiger partial charge in [-0.15, -0.1) is 0 Å². The lowest BCUT2D eigenvalue weighted by Crippen LogP contribution is -2.23. The summed E-state index contributed by atoms with van der Waals surface area (Å²) in [4.78, 5) is 23.7. The minimum absolute atomic E-state index is 0.182. The molecule has 2 atom stereocenters. The van der Waals surface area contributed by atoms with E-state index in [1.807, 2.05) is 0 Å². The lowest BCUT2D eigenvalue weighted by molar-refractivity contribution is -0.384. The zero-order valence-corrected chi connectivity index (χ0v) is 9.05. The third-order valence-electron chi connectivity index (χ3n) is 2.26. The maximum atomic E-state index is 10.6. The third kappa shape index (κ3) is 2.90. The number of rotatable bonds is 5. The van der Waals surface area contributed by atoms with E-state index in [-0.39, 0.29) is 11.3 Å². The number of hydrogen-bond acceptors (Lipinski definition) is 7. The van der Waals surface area contributed by atoms with Gasteiger partial charge in [0.05, 0.1) is 17.4 Å². The Morgan fingerprint density at radius 1 is 1.50 bits per heavy atom. The smallest absolute Gasteiger partial charge is 0.310 e. The van der Waals surface area contributed by atoms with E-state index in [9.17, 15) is 25.1 Å². The molecule has 1 rings (SSSR count). The number of aliphatic hydroxyl groups is 2. The normalized spacial score (nSPS) is 13.9. The number of carboxylic acids is 1. The van der Waals surface area contributed by atoms with Crippen LogP contribution in [0.2, 0.25) is 0 Å². The molecule has 98 valence electrons. The molecule has 1 aromatic rings. The molecule has 0 radical (unpaired) electrons. The number of aliphatic hydroxyl groups excluding tert-OH is 2. The van der Waals surface area contributed by atoms with Crippen LogP contribution in [0.3, 0.4) is 0 Å². The van der Waals surface area contributed by atoms with Gasteiger partial charge in [0, 0.05) is 11.8 Å². The van der Waals surface area contributed by atoms with Gasteiger partial charge >= 0.3 is 11.7 Å². The minimum atomic E-state index is -1.66. The number of nitrogens with zero attached hydrogens (tertiary/aromatic N) is 2. The van der Waals surface area contributed by atoms with Crippen LogP contribution in [-0.2, 0) is 4.79 Å². The van der Waals surface area contributed by atoms with Gasteiger partial charge in [-0.1, -0.05) is 0 Å². The van der Waals surface area contributed by atoms with E-state index in [0.717, 1.165) is 12.4 Å². The number of aromatic nitrogens is 1. The number of hydrogen-bond donors (Lipinski definition) is 4. The van der Waals surface area contributed by atoms with Gasteiger partial charge in [-0.2, -0.15) is 0 Å². The van der Waals surface area contributed by atoms with Gasteiger partial charge in [0.25, 0.3) is 0 Å². The Bertz CT molecular complexity index is 477. The molecule has 2 unspecified atom stereocenters. The van der Waals surface area contributed by atoms with Crippen LogP contribution in [0.5, 0.6) is 0 Å². The standard InChI is InChI=1S/C9H11N3O6/c10-8-4(2-11-3-5(8)12(17)18)9(16)6(13)1-7(14)15/h2-3,6,9,13,16H,1H2,(H2,10,11)(H,14,15). The molecule has 0 bridgehead atoms. The molecular weight excluding hydrogens is 246 g/mol. The fourth-order valence-corrected chi connectivity index (χ4v) is 1.35. The summed E-state index contributed by atoms with van der Waals surface area (Å²) in [5.41, 5.74) is 4.40. The molecule has 5 N–H and O–H groups in total. The highest BCUT2D eigenvalue weighted by molar-refractivity contribution is 5.68. The van der Waals surface area contributed by atoms with E-state index in [0.29, 0.717) is 0 Å². The highest BCUT2D eigenvalue weighted by Crippen LogP contribution is 2.30. The van der Waals surface area contributed by atoms with Crippen molar-refractivity contribution in [3.8, 4) is 0 Å². The van der Waals surface area contributed by atoms with E-state index in [1.165, 1.54) is 0 Å². The highest BCUT2D eigenvalue weighted by Gasteiger charge is 2.26. The van der Waals surface area contributed by atoms with Crippen LogP contribution in [0, 0.1) is 10.1 Å². The number of pyridine rings is 1. The van der Waals surface area contributed by atoms with Gasteiger partial charge in [-0.3, -0.25) is 19.9 Å². The summed E-state index contributed by atoms with van der Waals surface area (Å²) in [5, 5.41) is 38.1. The first-order chi connectivity index (χ1) is 8.34. The summed E-state index contributed by atoms with van der Waals surface area (Å²) in [6.45, 7) is 0. The Morgan fingerprint density at radius 3 is 2.61 bits per heavy atom. The SMILES string of the molecule is Nc1c(C(O)C(O)CC(=O)O)cncc1[N+](=O)[O-]. The first kappa shape index (κ1) is 13.8. The van der Waals surface area contributed by atoms with Crippen molar-refractivity contribution in [1.29, 1.82) is 0 Å². The molecule has 9 heteroatoms. The van der Waals surface area contributed by atoms with Crippen molar-refractivity contribution < 1.29 is 25.0 Å². The van der Waals surface area contributed by atoms with Crippen molar-refractivity contribution in [2.45, 2.75) is 18.6 Å². The van der Waals surface area contributed by atoms with Gasteiger partial charge in [0.1, 0.15) is 18.0 Å². The van der Waals surface area contributed by atoms with Crippen LogP contribution in [0.4, 0.5) is 11.4 Å². The molecule has 0 saturated carbocycles. The fourth-order valence-electron chi connectivity index (χ4n) is 1.35. The van der Waals surface area contributed by atoms with Gasteiger partial charge in [-0.05, 0) is 0 Å². The van der Waals surface area contributed by atoms with Crippen LogP contribution < -0.4 is 5.73 Å². The Balaban J connectivity index is 3.06. The number of nitrogen functional groups attached to an aromatic ring is 1. The molecule has 9 nitrogen and oxygen atoms in total. The van der Waals surface area contributed by atoms with E-state index < -0.39 is 35.2 Å². The molecule has 18 heavy (non-hydrogen) atoms. The van der Waals surface area contributed by atoms with Crippen molar-refractivity contribution in [2.24, 2.45) is 0 Å². The minimum Gasteiger partial charge on any atom is -0.481 e. The zero-order chi connectivity index (χ0) is 13.9. The quantitative estimate of drug-likeness (QED) is 0.403. The second-order valence-electron chi connectivity index (χ2n) is 3.53. The van der Waals surface area contributed by atoms with Crippen molar-refractivity contribution in [3.05, 3.63) is 28.1 Å². The topological polar surface area (TPSA) is 160 Å². The predicted molar refractivity (Wildman–Crippen MR) is 58.5 cm³/mol. The predicted octanol–water partition coefficient (Wildman–Crippen LogP) is -0.559. The van der Waals surface area contributed by atoms with E-state index in [1.54, 1.807) is 0 Å². The second kappa shape index (κ2) is 5.38. The number of anilines is 1. The van der Waals surface area contributed by atoms with Crippen LogP contribution in [0.25, 0.3) is 0 Å². The monoisotopic (exact) mass is 257 g/mol. The van der Waals surface area contributed by atoms with Gasteiger partial charge < -0.3 is 21.1 Å². The molecule has 1 heterocycles. The molecule has 0 aliphatic carbocycles. The first-order valence-electron chi connectivity index (χ1n) is 4.80. The van der Waals surface area contributed by atoms with Crippen LogP contribution in [-0.4, -0.2) is 37.3 Å². The Hall–Kier alpha value is -2.26. The zero-order valence-electron chi connectivity index (χ0n) is 9.05. The second-order valence-corrected chi connectivity index (χ2v) is 3.53. The van der Waals surface area contributed by atoms with Crippen molar-refractivity contribution in [2.75, 3.05) is 5.73 Å². The van der Waals surface area contributed by atoms with Gasteiger partial charge in [0.2, 0.25) is 0 Å². The molecule has 0 spiro atoms. The van der Waals surface area contributed by atoms with Crippen molar-refractivity contribution in [3.63, 3.8) is 0 Å². The van der Waals surface area contributed by atoms with E-state index in [2.05, 4.69) is 4.98 Å². The number of carboxylic acid groups (broad SMARTS) is 1. The Labute approximate surface area is 101 Å². The number of nitro groups is 1. The van der Waals surface area contributed by atoms with E-state index in [4.69, 9.17) is 10.8 Å². The lowest BCUT2D eigenvalue weighted by Gasteiger charge is -2.17. The van der Waals surface area contributed by atoms with Gasteiger partial charge in [0.15, 0.2) is 0 Å². The van der Waals surface area contributed by atoms with Crippen LogP contribution in [0.1, 0.15) is 18.1 Å². The van der Waals surface area contributed by atoms with E-state index >= 15 is 0 Å². The van der Waals surface area contributed by atoms with Crippen molar-refractivity contribution >= 4 is 17.3 Å². The maximum absolute atomic E-state index is 10.6. The number of aliphatic carboxylic acids is 1. The molecule has 0 aliphatic rings. The lowest BCUT2D eigenvalue weighted by atomic mass is 10.0. The largest absolute Gasteiger partial charge is 0.481 e. The average molecular weight is 257 g/mol. The molecule has 0 fully saturated rings. The summed E-state index contributed by atoms with van der Waals surface area (Å²) in [6, 6.07) is 0. The van der Waals surface area contributed by atoms with Gasteiger partial charge in [-0.25, -0.2) is 0 Å². The van der Waals surface area contributed by atoms with Crippen LogP contribution >= 0.6 is 0 Å². The van der Waals surface area contributed by atoms with Crippen LogP contribution in [0.15, 0.2) is 12.4 Å². The molecule has 0 saturated heterocycles. The molecular formula is C9H11N3O6. The number of nitrogens with two attached hydrogens (primary N) is 1. The highest BCUT2D eigenvalue weighted by atomic mass is 16.6. The molecule has 1 aromatic heterocycles. The fraction of sp³-hybridized carbons (Fsp3) is 0.333. The average Bonchev–Trinajstić information content (AvgIpc) is 2.27. The summed E-state index contributed by atoms with van der Waals surface area (Å²) in [6.07, 6.45) is -2.07. The Kier molecular flexibility index (Phi) is 4.13. The summed E-state index contributed by atoms with van der Waals surface area (Å²) in [5.74, 6) is -1.32. The summed E-state index contributed by atoms with van der Waals surface area (Å²) < 4.78 is 0. The first-order valence-corrected chi connectivity index (χ1v) is 4.80. The summed E-state index contributed by atoms with van der Waals surface area (Å²) >= 11 is 0. The molecule has 0 aliphatic heterocycles. The third-order valence-corrected chi connectivity index (χ3v) is 2.26. The molecule has 0 aromatic carbocycles. The number of carbonyl (C=O) groups is 1. The van der Waals surface area contributed by atoms with Crippen molar-refractivity contribution in [1.82, 2.24) is 4.98 Å². The summed E-state index contributed by atoms with van der Waals surface area (Å²) in [7, 11) is 0. The maximum Gasteiger partial charge on any atom is 0.310 e. The Morgan fingerprint density at radius 2 is 2.11 bits per heavy atom.